The van der Waals surface area contributed by atoms with E-state index >= 15 is 0 Å². The summed E-state index contributed by atoms with van der Waals surface area (Å²) < 4.78 is 8.54. The van der Waals surface area contributed by atoms with E-state index in [0.717, 1.165) is 16.2 Å². The van der Waals surface area contributed by atoms with Crippen molar-refractivity contribution in [3.8, 4) is 5.75 Å². The van der Waals surface area contributed by atoms with Gasteiger partial charge in [0.05, 0.1) is 6.20 Å². The van der Waals surface area contributed by atoms with Gasteiger partial charge in [0.25, 0.3) is 0 Å². The SMILES string of the molecule is CC(C)n1cc(Br)nc1COc1cccnc1. The Bertz CT molecular complexity index is 482. The molecule has 0 unspecified atom stereocenters. The highest BCUT2D eigenvalue weighted by molar-refractivity contribution is 9.10. The lowest BCUT2D eigenvalue weighted by Gasteiger charge is -2.11. The molecule has 4 nitrogen and oxygen atoms in total. The normalized spacial score (nSPS) is 10.8. The van der Waals surface area contributed by atoms with E-state index in [4.69, 9.17) is 4.74 Å². The molecule has 0 saturated carbocycles. The van der Waals surface area contributed by atoms with Gasteiger partial charge in [0.2, 0.25) is 0 Å². The third-order valence-corrected chi connectivity index (χ3v) is 2.72. The van der Waals surface area contributed by atoms with Crippen molar-refractivity contribution in [3.05, 3.63) is 41.2 Å². The van der Waals surface area contributed by atoms with Crippen LogP contribution in [-0.2, 0) is 6.61 Å². The van der Waals surface area contributed by atoms with Crippen LogP contribution in [0.15, 0.2) is 35.3 Å². The molecule has 0 aliphatic heterocycles. The van der Waals surface area contributed by atoms with Crippen molar-refractivity contribution in [2.45, 2.75) is 26.5 Å². The van der Waals surface area contributed by atoms with Crippen LogP contribution in [0.5, 0.6) is 5.75 Å². The highest BCUT2D eigenvalue weighted by Crippen LogP contribution is 2.17. The van der Waals surface area contributed by atoms with Crippen molar-refractivity contribution >= 4 is 15.9 Å². The molecule has 0 aromatic carbocycles. The first-order valence-corrected chi connectivity index (χ1v) is 6.22. The Kier molecular flexibility index (Phi) is 3.78. The summed E-state index contributed by atoms with van der Waals surface area (Å²) >= 11 is 3.38. The Morgan fingerprint density at radius 1 is 1.47 bits per heavy atom. The molecule has 2 aromatic heterocycles. The zero-order valence-corrected chi connectivity index (χ0v) is 11.4. The van der Waals surface area contributed by atoms with E-state index in [0.29, 0.717) is 12.6 Å². The van der Waals surface area contributed by atoms with Gasteiger partial charge in [0, 0.05) is 18.4 Å². The summed E-state index contributed by atoms with van der Waals surface area (Å²) in [6, 6.07) is 4.09. The van der Waals surface area contributed by atoms with Gasteiger partial charge in [0.1, 0.15) is 22.8 Å². The van der Waals surface area contributed by atoms with Gasteiger partial charge in [-0.15, -0.1) is 0 Å². The third-order valence-electron chi connectivity index (χ3n) is 2.34. The van der Waals surface area contributed by atoms with Crippen molar-refractivity contribution in [2.75, 3.05) is 0 Å². The van der Waals surface area contributed by atoms with Crippen LogP contribution in [0.25, 0.3) is 0 Å². The molecule has 0 spiro atoms. The molecular formula is C12H14BrN3O. The molecule has 2 rings (SSSR count). The Hall–Kier alpha value is -1.36. The van der Waals surface area contributed by atoms with Crippen LogP contribution in [0, 0.1) is 0 Å². The van der Waals surface area contributed by atoms with Crippen molar-refractivity contribution in [2.24, 2.45) is 0 Å². The molecule has 2 aromatic rings. The molecular weight excluding hydrogens is 282 g/mol. The molecule has 0 radical (unpaired) electrons. The second-order valence-corrected chi connectivity index (χ2v) is 4.77. The Morgan fingerprint density at radius 2 is 2.29 bits per heavy atom. The predicted octanol–water partition coefficient (Wildman–Crippen LogP) is 3.20. The molecule has 0 aliphatic carbocycles. The maximum atomic E-state index is 5.63. The highest BCUT2D eigenvalue weighted by Gasteiger charge is 2.09. The van der Waals surface area contributed by atoms with Crippen LogP contribution in [0.4, 0.5) is 0 Å². The quantitative estimate of drug-likeness (QED) is 0.870. The van der Waals surface area contributed by atoms with E-state index in [2.05, 4.69) is 44.3 Å². The minimum Gasteiger partial charge on any atom is -0.484 e. The number of nitrogens with zero attached hydrogens (tertiary/aromatic N) is 3. The van der Waals surface area contributed by atoms with Gasteiger partial charge < -0.3 is 9.30 Å². The monoisotopic (exact) mass is 295 g/mol. The fourth-order valence-electron chi connectivity index (χ4n) is 1.53. The summed E-state index contributed by atoms with van der Waals surface area (Å²) in [5, 5.41) is 0. The van der Waals surface area contributed by atoms with Gasteiger partial charge in [-0.05, 0) is 41.9 Å². The van der Waals surface area contributed by atoms with Gasteiger partial charge in [-0.2, -0.15) is 0 Å². The largest absolute Gasteiger partial charge is 0.484 e. The van der Waals surface area contributed by atoms with Crippen LogP contribution in [-0.4, -0.2) is 14.5 Å². The summed E-state index contributed by atoms with van der Waals surface area (Å²) in [7, 11) is 0. The van der Waals surface area contributed by atoms with Crippen molar-refractivity contribution < 1.29 is 4.74 Å². The molecule has 0 saturated heterocycles. The van der Waals surface area contributed by atoms with Gasteiger partial charge >= 0.3 is 0 Å². The fraction of sp³-hybridized carbons (Fsp3) is 0.333. The lowest BCUT2D eigenvalue weighted by molar-refractivity contribution is 0.285. The molecule has 0 fully saturated rings. The number of hydrogen-bond acceptors (Lipinski definition) is 3. The first kappa shape index (κ1) is 12.1. The molecule has 0 atom stereocenters. The number of ether oxygens (including phenoxy) is 1. The average molecular weight is 296 g/mol. The zero-order valence-electron chi connectivity index (χ0n) is 9.80. The average Bonchev–Trinajstić information content (AvgIpc) is 2.69. The standard InChI is InChI=1S/C12H14BrN3O/c1-9(2)16-7-11(13)15-12(16)8-17-10-4-3-5-14-6-10/h3-7,9H,8H2,1-2H3. The molecule has 0 amide bonds. The molecule has 0 aliphatic rings. The Morgan fingerprint density at radius 3 is 2.94 bits per heavy atom. The van der Waals surface area contributed by atoms with Crippen LogP contribution in [0.3, 0.4) is 0 Å². The van der Waals surface area contributed by atoms with E-state index in [9.17, 15) is 0 Å². The summed E-state index contributed by atoms with van der Waals surface area (Å²) in [6.45, 7) is 4.67. The first-order valence-electron chi connectivity index (χ1n) is 5.43. The Balaban J connectivity index is 2.09. The number of hydrogen-bond donors (Lipinski definition) is 0. The van der Waals surface area contributed by atoms with Gasteiger partial charge in [0.15, 0.2) is 0 Å². The van der Waals surface area contributed by atoms with Gasteiger partial charge in [-0.1, -0.05) is 0 Å². The number of aromatic nitrogens is 3. The second-order valence-electron chi connectivity index (χ2n) is 3.96. The van der Waals surface area contributed by atoms with Crippen LogP contribution in [0.1, 0.15) is 25.7 Å². The second kappa shape index (κ2) is 5.31. The summed E-state index contributed by atoms with van der Waals surface area (Å²) in [4.78, 5) is 8.38. The highest BCUT2D eigenvalue weighted by atomic mass is 79.9. The third kappa shape index (κ3) is 3.06. The zero-order chi connectivity index (χ0) is 12.3. The summed E-state index contributed by atoms with van der Waals surface area (Å²) in [6.07, 6.45) is 5.38. The van der Waals surface area contributed by atoms with E-state index in [-0.39, 0.29) is 0 Å². The molecule has 0 bridgehead atoms. The van der Waals surface area contributed by atoms with E-state index in [1.54, 1.807) is 12.4 Å². The minimum absolute atomic E-state index is 0.362. The van der Waals surface area contributed by atoms with Crippen LogP contribution >= 0.6 is 15.9 Å². The number of imidazole rings is 1. The van der Waals surface area contributed by atoms with E-state index < -0.39 is 0 Å². The number of halogens is 1. The molecule has 17 heavy (non-hydrogen) atoms. The number of pyridine rings is 1. The molecule has 90 valence electrons. The maximum absolute atomic E-state index is 5.63. The lowest BCUT2D eigenvalue weighted by atomic mass is 10.4. The van der Waals surface area contributed by atoms with Gasteiger partial charge in [-0.25, -0.2) is 4.98 Å². The van der Waals surface area contributed by atoms with Crippen molar-refractivity contribution in [1.82, 2.24) is 14.5 Å². The summed E-state index contributed by atoms with van der Waals surface area (Å²) in [5.41, 5.74) is 0. The molecule has 5 heteroatoms. The topological polar surface area (TPSA) is 39.9 Å². The molecule has 0 N–H and O–H groups in total. The fourth-order valence-corrected chi connectivity index (χ4v) is 1.96. The summed E-state index contributed by atoms with van der Waals surface area (Å²) in [5.74, 6) is 1.65. The van der Waals surface area contributed by atoms with Crippen LogP contribution in [0.2, 0.25) is 0 Å². The lowest BCUT2D eigenvalue weighted by Crippen LogP contribution is -2.08. The maximum Gasteiger partial charge on any atom is 0.148 e. The van der Waals surface area contributed by atoms with Crippen molar-refractivity contribution in [1.29, 1.82) is 0 Å². The van der Waals surface area contributed by atoms with E-state index in [1.807, 2.05) is 18.3 Å². The predicted molar refractivity (Wildman–Crippen MR) is 68.9 cm³/mol. The van der Waals surface area contributed by atoms with Crippen LogP contribution < -0.4 is 4.74 Å². The van der Waals surface area contributed by atoms with Crippen molar-refractivity contribution in [3.63, 3.8) is 0 Å². The first-order chi connectivity index (χ1) is 8.16. The molecule has 2 heterocycles. The smallest absolute Gasteiger partial charge is 0.148 e. The van der Waals surface area contributed by atoms with Gasteiger partial charge in [-0.3, -0.25) is 4.98 Å². The number of rotatable bonds is 4. The van der Waals surface area contributed by atoms with E-state index in [1.165, 1.54) is 0 Å². The minimum atomic E-state index is 0.362. The Labute approximate surface area is 109 Å².